The number of halogens is 3. The maximum absolute atomic E-state index is 12.6. The predicted octanol–water partition coefficient (Wildman–Crippen LogP) is 4.20. The van der Waals surface area contributed by atoms with E-state index in [1.807, 2.05) is 6.07 Å². The van der Waals surface area contributed by atoms with Gasteiger partial charge in [0.05, 0.1) is 22.5 Å². The predicted molar refractivity (Wildman–Crippen MR) is 103 cm³/mol. The Labute approximate surface area is 168 Å². The topological polar surface area (TPSA) is 103 Å². The second-order valence-corrected chi connectivity index (χ2v) is 7.84. The number of thioether (sulfide) groups is 1. The first-order valence-corrected chi connectivity index (χ1v) is 9.29. The first kappa shape index (κ1) is 20.9. The maximum atomic E-state index is 12.6. The van der Waals surface area contributed by atoms with Crippen LogP contribution in [0.2, 0.25) is 0 Å². The molecule has 0 radical (unpaired) electrons. The number of carbonyl (C=O) groups is 1. The molecule has 0 saturated heterocycles. The summed E-state index contributed by atoms with van der Waals surface area (Å²) in [6.45, 7) is 3.14. The van der Waals surface area contributed by atoms with Crippen LogP contribution in [0, 0.1) is 0 Å². The van der Waals surface area contributed by atoms with E-state index in [9.17, 15) is 23.1 Å². The second-order valence-electron chi connectivity index (χ2n) is 6.79. The maximum Gasteiger partial charge on any atom is 0.447 e. The van der Waals surface area contributed by atoms with Gasteiger partial charge in [-0.1, -0.05) is 30.3 Å². The first-order chi connectivity index (χ1) is 13.5. The van der Waals surface area contributed by atoms with Crippen molar-refractivity contribution in [2.24, 2.45) is 0 Å². The number of fused-ring (bicyclic) bond motifs is 1. The van der Waals surface area contributed by atoms with Crippen molar-refractivity contribution >= 4 is 34.5 Å². The molecule has 2 aromatic heterocycles. The van der Waals surface area contributed by atoms with Gasteiger partial charge in [-0.3, -0.25) is 10.4 Å². The molecule has 2 heterocycles. The highest BCUT2D eigenvalue weighted by Gasteiger charge is 2.32. The third-order valence-electron chi connectivity index (χ3n) is 3.98. The number of aromatic nitrogens is 3. The lowest BCUT2D eigenvalue weighted by atomic mass is 9.92. The van der Waals surface area contributed by atoms with Crippen molar-refractivity contribution in [3.05, 3.63) is 48.2 Å². The number of rotatable bonds is 5. The summed E-state index contributed by atoms with van der Waals surface area (Å²) < 4.78 is 37.7. The molecule has 0 saturated carbocycles. The third kappa shape index (κ3) is 5.39. The molecular weight excluding hydrogens is 407 g/mol. The van der Waals surface area contributed by atoms with Crippen molar-refractivity contribution in [2.75, 3.05) is 5.32 Å². The molecule has 0 unspecified atom stereocenters. The number of urea groups is 1. The second kappa shape index (κ2) is 7.91. The van der Waals surface area contributed by atoms with E-state index in [0.717, 1.165) is 0 Å². The minimum atomic E-state index is -4.47. The highest BCUT2D eigenvalue weighted by Crippen LogP contribution is 2.38. The summed E-state index contributed by atoms with van der Waals surface area (Å²) in [6, 6.07) is 9.00. The number of benzene rings is 1. The molecule has 0 aliphatic carbocycles. The molecule has 0 aliphatic rings. The van der Waals surface area contributed by atoms with E-state index in [-0.39, 0.29) is 28.0 Å². The quantitative estimate of drug-likeness (QED) is 0.459. The summed E-state index contributed by atoms with van der Waals surface area (Å²) >= 11 is -0.344. The summed E-state index contributed by atoms with van der Waals surface area (Å²) in [6.07, 6.45) is 1.20. The fraction of sp³-hybridized carbons (Fsp3) is 0.278. The number of amides is 2. The Morgan fingerprint density at radius 3 is 2.55 bits per heavy atom. The Balaban J connectivity index is 1.75. The lowest BCUT2D eigenvalue weighted by Gasteiger charge is -2.30. The van der Waals surface area contributed by atoms with Crippen molar-refractivity contribution < 1.29 is 23.1 Å². The van der Waals surface area contributed by atoms with E-state index >= 15 is 0 Å². The summed E-state index contributed by atoms with van der Waals surface area (Å²) in [5.74, 6) is 0.116. The van der Waals surface area contributed by atoms with Crippen LogP contribution in [0.1, 0.15) is 25.5 Å². The van der Waals surface area contributed by atoms with Gasteiger partial charge in [0.15, 0.2) is 0 Å². The zero-order chi connectivity index (χ0) is 21.2. The van der Waals surface area contributed by atoms with E-state index in [0.29, 0.717) is 11.1 Å². The van der Waals surface area contributed by atoms with Gasteiger partial charge >= 0.3 is 11.5 Å². The SMILES string of the molecule is CC(C)(O)[C@@H](NC(=O)Nc1cc2[nH]nc(SC(F)(F)F)c2cn1)c1ccccc1. The van der Waals surface area contributed by atoms with Crippen molar-refractivity contribution in [1.82, 2.24) is 20.5 Å². The minimum Gasteiger partial charge on any atom is -0.388 e. The van der Waals surface area contributed by atoms with E-state index in [1.54, 1.807) is 38.1 Å². The number of aromatic amines is 1. The molecule has 29 heavy (non-hydrogen) atoms. The Morgan fingerprint density at radius 2 is 1.93 bits per heavy atom. The molecular formula is C18H18F3N5O2S. The fourth-order valence-electron chi connectivity index (χ4n) is 2.74. The van der Waals surface area contributed by atoms with Gasteiger partial charge in [0.1, 0.15) is 10.8 Å². The van der Waals surface area contributed by atoms with E-state index < -0.39 is 23.2 Å². The first-order valence-electron chi connectivity index (χ1n) is 8.47. The van der Waals surface area contributed by atoms with Crippen molar-refractivity contribution in [1.29, 1.82) is 0 Å². The number of pyridine rings is 1. The fourth-order valence-corrected chi connectivity index (χ4v) is 3.33. The van der Waals surface area contributed by atoms with Gasteiger partial charge < -0.3 is 10.4 Å². The lowest BCUT2D eigenvalue weighted by molar-refractivity contribution is -0.0329. The summed E-state index contributed by atoms with van der Waals surface area (Å²) in [5.41, 5.74) is -4.71. The molecule has 7 nitrogen and oxygen atoms in total. The molecule has 11 heteroatoms. The van der Waals surface area contributed by atoms with Gasteiger partial charge in [-0.25, -0.2) is 9.78 Å². The lowest BCUT2D eigenvalue weighted by Crippen LogP contribution is -2.43. The molecule has 154 valence electrons. The number of H-pyrrole nitrogens is 1. The number of carbonyl (C=O) groups excluding carboxylic acids is 1. The van der Waals surface area contributed by atoms with Crippen LogP contribution in [0.4, 0.5) is 23.8 Å². The highest BCUT2D eigenvalue weighted by atomic mass is 32.2. The van der Waals surface area contributed by atoms with Gasteiger partial charge in [-0.2, -0.15) is 18.3 Å². The summed E-state index contributed by atoms with van der Waals surface area (Å²) in [4.78, 5) is 16.4. The molecule has 4 N–H and O–H groups in total. The zero-order valence-electron chi connectivity index (χ0n) is 15.4. The molecule has 3 aromatic rings. The Bertz CT molecular complexity index is 1000. The summed E-state index contributed by atoms with van der Waals surface area (Å²) in [7, 11) is 0. The smallest absolute Gasteiger partial charge is 0.388 e. The molecule has 0 bridgehead atoms. The summed E-state index contributed by atoms with van der Waals surface area (Å²) in [5, 5.41) is 21.7. The monoisotopic (exact) mass is 425 g/mol. The van der Waals surface area contributed by atoms with Crippen LogP contribution in [0.15, 0.2) is 47.6 Å². The zero-order valence-corrected chi connectivity index (χ0v) is 16.2. The molecule has 0 aliphatic heterocycles. The van der Waals surface area contributed by atoms with Crippen LogP contribution in [0.3, 0.4) is 0 Å². The van der Waals surface area contributed by atoms with E-state index in [2.05, 4.69) is 25.8 Å². The van der Waals surface area contributed by atoms with Crippen molar-refractivity contribution in [3.63, 3.8) is 0 Å². The molecule has 0 spiro atoms. The number of hydrogen-bond acceptors (Lipinski definition) is 5. The van der Waals surface area contributed by atoms with E-state index in [4.69, 9.17) is 0 Å². The number of aliphatic hydroxyl groups is 1. The van der Waals surface area contributed by atoms with Crippen LogP contribution in [-0.2, 0) is 0 Å². The molecule has 2 amide bonds. The molecule has 1 aromatic carbocycles. The van der Waals surface area contributed by atoms with Crippen molar-refractivity contribution in [2.45, 2.75) is 36.0 Å². The normalized spacial score (nSPS) is 13.3. The van der Waals surface area contributed by atoms with Gasteiger partial charge in [-0.05, 0) is 19.4 Å². The van der Waals surface area contributed by atoms with Gasteiger partial charge in [-0.15, -0.1) is 0 Å². The highest BCUT2D eigenvalue weighted by molar-refractivity contribution is 8.00. The molecule has 3 rings (SSSR count). The van der Waals surface area contributed by atoms with Crippen LogP contribution < -0.4 is 10.6 Å². The average Bonchev–Trinajstić information content (AvgIpc) is 3.00. The number of nitrogens with one attached hydrogen (secondary N) is 3. The Morgan fingerprint density at radius 1 is 1.24 bits per heavy atom. The van der Waals surface area contributed by atoms with Crippen LogP contribution >= 0.6 is 11.8 Å². The number of anilines is 1. The number of hydrogen-bond donors (Lipinski definition) is 4. The van der Waals surface area contributed by atoms with Crippen LogP contribution in [0.5, 0.6) is 0 Å². The standard InChI is InChI=1S/C18H18F3N5O2S/c1-17(2,28)14(10-6-4-3-5-7-10)24-16(27)23-13-8-12-11(9-22-13)15(26-25-12)29-18(19,20)21/h3-9,14,28H,1-2H3,(H,25,26)(H2,22,23,24,27)/t14-/m0/s1. The van der Waals surface area contributed by atoms with Crippen LogP contribution in [-0.4, -0.2) is 37.4 Å². The molecule has 0 fully saturated rings. The number of alkyl halides is 3. The Kier molecular flexibility index (Phi) is 5.71. The van der Waals surface area contributed by atoms with Crippen LogP contribution in [0.25, 0.3) is 10.9 Å². The largest absolute Gasteiger partial charge is 0.447 e. The van der Waals surface area contributed by atoms with E-state index in [1.165, 1.54) is 12.3 Å². The van der Waals surface area contributed by atoms with Crippen molar-refractivity contribution in [3.8, 4) is 0 Å². The van der Waals surface area contributed by atoms with Gasteiger partial charge in [0.25, 0.3) is 0 Å². The minimum absolute atomic E-state index is 0.116. The van der Waals surface area contributed by atoms with Gasteiger partial charge in [0, 0.05) is 24.0 Å². The Hall–Kier alpha value is -2.79. The van der Waals surface area contributed by atoms with Gasteiger partial charge in [0.2, 0.25) is 0 Å². The third-order valence-corrected chi connectivity index (χ3v) is 4.72. The average molecular weight is 425 g/mol. The molecule has 1 atom stereocenters. The number of nitrogens with zero attached hydrogens (tertiary/aromatic N) is 2.